The lowest BCUT2D eigenvalue weighted by Gasteiger charge is -2.17. The van der Waals surface area contributed by atoms with Crippen LogP contribution in [0.2, 0.25) is 5.02 Å². The molecule has 0 spiro atoms. The predicted octanol–water partition coefficient (Wildman–Crippen LogP) is 3.21. The first-order chi connectivity index (χ1) is 9.77. The van der Waals surface area contributed by atoms with Gasteiger partial charge in [0.1, 0.15) is 5.69 Å². The molecule has 0 unspecified atom stereocenters. The van der Waals surface area contributed by atoms with Crippen molar-refractivity contribution >= 4 is 23.0 Å². The molecule has 1 aromatic heterocycles. The van der Waals surface area contributed by atoms with Crippen LogP contribution in [0.15, 0.2) is 24.4 Å². The molecule has 1 heterocycles. The molecule has 0 bridgehead atoms. The van der Waals surface area contributed by atoms with E-state index in [0.717, 1.165) is 5.69 Å². The van der Waals surface area contributed by atoms with E-state index in [1.54, 1.807) is 10.7 Å². The number of halogens is 1. The first kappa shape index (κ1) is 15.2. The Morgan fingerprint density at radius 3 is 2.67 bits per heavy atom. The summed E-state index contributed by atoms with van der Waals surface area (Å²) in [5.41, 5.74) is 1.21. The summed E-state index contributed by atoms with van der Waals surface area (Å²) < 4.78 is 1.78. The molecule has 0 aliphatic carbocycles. The molecule has 2 aromatic rings. The molecule has 1 aromatic carbocycles. The summed E-state index contributed by atoms with van der Waals surface area (Å²) in [6.07, 6.45) is 1.85. The first-order valence-electron chi connectivity index (χ1n) is 6.37. The number of nitro benzene ring substituents is 1. The molecular weight excluding hydrogens is 294 g/mol. The molecule has 0 radical (unpaired) electrons. The Bertz CT molecular complexity index is 663. The summed E-state index contributed by atoms with van der Waals surface area (Å²) >= 11 is 6.01. The van der Waals surface area contributed by atoms with Gasteiger partial charge in [-0.1, -0.05) is 16.8 Å². The van der Waals surface area contributed by atoms with Crippen LogP contribution >= 0.6 is 11.6 Å². The van der Waals surface area contributed by atoms with E-state index in [2.05, 4.69) is 15.6 Å². The average molecular weight is 310 g/mol. The van der Waals surface area contributed by atoms with Crippen molar-refractivity contribution in [2.45, 2.75) is 32.9 Å². The summed E-state index contributed by atoms with van der Waals surface area (Å²) in [5, 5.41) is 22.2. The predicted molar refractivity (Wildman–Crippen MR) is 80.5 cm³/mol. The van der Waals surface area contributed by atoms with Crippen molar-refractivity contribution in [3.05, 3.63) is 45.2 Å². The number of anilines is 1. The number of aromatic nitrogens is 3. The third-order valence-electron chi connectivity index (χ3n) is 2.85. The van der Waals surface area contributed by atoms with Crippen LogP contribution in [-0.4, -0.2) is 19.9 Å². The SMILES string of the molecule is CC(C)(C)n1cc(CNc2ccc([N+](=O)[O-])cc2Cl)nn1. The van der Waals surface area contributed by atoms with E-state index < -0.39 is 4.92 Å². The number of hydrogen-bond acceptors (Lipinski definition) is 5. The first-order valence-corrected chi connectivity index (χ1v) is 6.74. The van der Waals surface area contributed by atoms with E-state index in [0.29, 0.717) is 17.3 Å². The van der Waals surface area contributed by atoms with Gasteiger partial charge in [0.2, 0.25) is 0 Å². The van der Waals surface area contributed by atoms with Crippen LogP contribution in [0.3, 0.4) is 0 Å². The van der Waals surface area contributed by atoms with Gasteiger partial charge in [0, 0.05) is 12.1 Å². The van der Waals surface area contributed by atoms with Crippen LogP contribution in [-0.2, 0) is 12.1 Å². The molecule has 0 saturated carbocycles. The second-order valence-electron chi connectivity index (χ2n) is 5.60. The van der Waals surface area contributed by atoms with Crippen LogP contribution in [0.25, 0.3) is 0 Å². The molecule has 8 heteroatoms. The Kier molecular flexibility index (Phi) is 4.13. The second-order valence-corrected chi connectivity index (χ2v) is 6.01. The lowest BCUT2D eigenvalue weighted by atomic mass is 10.1. The van der Waals surface area contributed by atoms with Gasteiger partial charge in [0.05, 0.1) is 33.9 Å². The maximum Gasteiger partial charge on any atom is 0.271 e. The summed E-state index contributed by atoms with van der Waals surface area (Å²) in [7, 11) is 0. The lowest BCUT2D eigenvalue weighted by Crippen LogP contribution is -2.22. The summed E-state index contributed by atoms with van der Waals surface area (Å²) in [6.45, 7) is 6.54. The summed E-state index contributed by atoms with van der Waals surface area (Å²) in [4.78, 5) is 10.2. The van der Waals surface area contributed by atoms with Crippen molar-refractivity contribution in [3.63, 3.8) is 0 Å². The zero-order valence-corrected chi connectivity index (χ0v) is 12.8. The number of rotatable bonds is 4. The van der Waals surface area contributed by atoms with Gasteiger partial charge in [0.15, 0.2) is 0 Å². The van der Waals surface area contributed by atoms with Crippen molar-refractivity contribution in [3.8, 4) is 0 Å². The van der Waals surface area contributed by atoms with Gasteiger partial charge in [-0.05, 0) is 26.8 Å². The van der Waals surface area contributed by atoms with E-state index in [1.807, 2.05) is 27.0 Å². The third kappa shape index (κ3) is 3.69. The number of benzene rings is 1. The van der Waals surface area contributed by atoms with Crippen LogP contribution < -0.4 is 5.32 Å². The van der Waals surface area contributed by atoms with Gasteiger partial charge in [-0.25, -0.2) is 4.68 Å². The number of nitrogens with one attached hydrogen (secondary N) is 1. The van der Waals surface area contributed by atoms with Crippen LogP contribution in [0, 0.1) is 10.1 Å². The Morgan fingerprint density at radius 1 is 1.43 bits per heavy atom. The van der Waals surface area contributed by atoms with Crippen molar-refractivity contribution in [2.24, 2.45) is 0 Å². The molecule has 0 atom stereocenters. The van der Waals surface area contributed by atoms with Crippen molar-refractivity contribution in [2.75, 3.05) is 5.32 Å². The topological polar surface area (TPSA) is 85.9 Å². The van der Waals surface area contributed by atoms with Crippen molar-refractivity contribution in [1.29, 1.82) is 0 Å². The molecule has 7 nitrogen and oxygen atoms in total. The molecular formula is C13H16ClN5O2. The molecule has 2 rings (SSSR count). The van der Waals surface area contributed by atoms with Crippen LogP contribution in [0.4, 0.5) is 11.4 Å². The quantitative estimate of drug-likeness (QED) is 0.692. The van der Waals surface area contributed by atoms with E-state index in [1.165, 1.54) is 12.1 Å². The zero-order chi connectivity index (χ0) is 15.6. The lowest BCUT2D eigenvalue weighted by molar-refractivity contribution is -0.384. The highest BCUT2D eigenvalue weighted by atomic mass is 35.5. The second kappa shape index (κ2) is 5.69. The summed E-state index contributed by atoms with van der Waals surface area (Å²) in [5.74, 6) is 0. The Morgan fingerprint density at radius 2 is 2.14 bits per heavy atom. The number of hydrogen-bond donors (Lipinski definition) is 1. The van der Waals surface area contributed by atoms with Gasteiger partial charge in [-0.3, -0.25) is 10.1 Å². The van der Waals surface area contributed by atoms with E-state index in [9.17, 15) is 10.1 Å². The largest absolute Gasteiger partial charge is 0.378 e. The fraction of sp³-hybridized carbons (Fsp3) is 0.385. The van der Waals surface area contributed by atoms with Gasteiger partial charge >= 0.3 is 0 Å². The zero-order valence-electron chi connectivity index (χ0n) is 12.0. The van der Waals surface area contributed by atoms with E-state index in [-0.39, 0.29) is 11.2 Å². The van der Waals surface area contributed by atoms with E-state index in [4.69, 9.17) is 11.6 Å². The fourth-order valence-electron chi connectivity index (χ4n) is 1.65. The molecule has 0 saturated heterocycles. The van der Waals surface area contributed by atoms with Crippen molar-refractivity contribution in [1.82, 2.24) is 15.0 Å². The maximum absolute atomic E-state index is 10.6. The van der Waals surface area contributed by atoms with Gasteiger partial charge in [0.25, 0.3) is 5.69 Å². The van der Waals surface area contributed by atoms with Gasteiger partial charge in [-0.2, -0.15) is 0 Å². The Hall–Kier alpha value is -2.15. The average Bonchev–Trinajstić information content (AvgIpc) is 2.85. The highest BCUT2D eigenvalue weighted by Gasteiger charge is 2.15. The molecule has 1 N–H and O–H groups in total. The number of nitrogens with zero attached hydrogens (tertiary/aromatic N) is 4. The molecule has 0 amide bonds. The molecule has 21 heavy (non-hydrogen) atoms. The van der Waals surface area contributed by atoms with Gasteiger partial charge < -0.3 is 5.32 Å². The molecule has 0 fully saturated rings. The monoisotopic (exact) mass is 309 g/mol. The molecule has 0 aliphatic rings. The highest BCUT2D eigenvalue weighted by Crippen LogP contribution is 2.26. The fourth-order valence-corrected chi connectivity index (χ4v) is 1.90. The van der Waals surface area contributed by atoms with E-state index >= 15 is 0 Å². The maximum atomic E-state index is 10.6. The minimum Gasteiger partial charge on any atom is -0.378 e. The highest BCUT2D eigenvalue weighted by molar-refractivity contribution is 6.33. The van der Waals surface area contributed by atoms with Crippen LogP contribution in [0.5, 0.6) is 0 Å². The number of nitro groups is 1. The minimum absolute atomic E-state index is 0.0378. The minimum atomic E-state index is -0.482. The molecule has 0 aliphatic heterocycles. The summed E-state index contributed by atoms with van der Waals surface area (Å²) in [6, 6.07) is 4.30. The van der Waals surface area contributed by atoms with Crippen LogP contribution in [0.1, 0.15) is 26.5 Å². The normalized spacial score (nSPS) is 11.4. The Labute approximate surface area is 127 Å². The number of non-ortho nitro benzene ring substituents is 1. The smallest absolute Gasteiger partial charge is 0.271 e. The standard InChI is InChI=1S/C13H16ClN5O2/c1-13(2,3)18-8-9(16-17-18)7-15-12-5-4-10(19(20)21)6-11(12)14/h4-6,8,15H,7H2,1-3H3. The Balaban J connectivity index is 2.06. The third-order valence-corrected chi connectivity index (χ3v) is 3.16. The van der Waals surface area contributed by atoms with Crippen molar-refractivity contribution < 1.29 is 4.92 Å². The molecule has 112 valence electrons. The van der Waals surface area contributed by atoms with Gasteiger partial charge in [-0.15, -0.1) is 5.10 Å².